The van der Waals surface area contributed by atoms with Crippen LogP contribution in [0.15, 0.2) is 48.5 Å². The first-order chi connectivity index (χ1) is 18.4. The number of halogens is 1. The van der Waals surface area contributed by atoms with Gasteiger partial charge in [-0.25, -0.2) is 0 Å². The summed E-state index contributed by atoms with van der Waals surface area (Å²) in [6, 6.07) is 12.3. The van der Waals surface area contributed by atoms with E-state index in [1.54, 1.807) is 25.2 Å². The second-order valence-electron chi connectivity index (χ2n) is 11.3. The molecule has 0 radical (unpaired) electrons. The van der Waals surface area contributed by atoms with Crippen LogP contribution in [0.25, 0.3) is 0 Å². The average molecular weight is 558 g/mol. The molecule has 0 bridgehead atoms. The number of aliphatic carboxylic acids is 2. The molecule has 5 unspecified atom stereocenters. The van der Waals surface area contributed by atoms with Crippen LogP contribution >= 0.6 is 11.6 Å². The number of carboxylic acids is 2. The SMILES string of the molecule is CC1N(C)C(C)C(C(=O)O)(C2CC2)C(c2cccc([N+](=O)[O-])c2)C1(CCN(C)Cc1ccc(Cl)cc1)C(=O)O. The molecule has 0 amide bonds. The first kappa shape index (κ1) is 29.0. The van der Waals surface area contributed by atoms with Crippen LogP contribution in [0.3, 0.4) is 0 Å². The molecule has 1 aliphatic carbocycles. The molecular weight excluding hydrogens is 522 g/mol. The molecule has 1 heterocycles. The van der Waals surface area contributed by atoms with E-state index in [1.165, 1.54) is 18.2 Å². The third-order valence-corrected chi connectivity index (χ3v) is 9.61. The summed E-state index contributed by atoms with van der Waals surface area (Å²) >= 11 is 6.02. The van der Waals surface area contributed by atoms with Crippen molar-refractivity contribution in [3.05, 3.63) is 74.8 Å². The number of non-ortho nitro benzene ring substituents is 1. The molecule has 2 aliphatic rings. The van der Waals surface area contributed by atoms with Crippen LogP contribution in [0.4, 0.5) is 5.69 Å². The molecule has 2 fully saturated rings. The Balaban J connectivity index is 1.85. The van der Waals surface area contributed by atoms with E-state index in [2.05, 4.69) is 0 Å². The summed E-state index contributed by atoms with van der Waals surface area (Å²) in [5.74, 6) is -3.34. The molecular formula is C29H36ClN3O6. The number of nitrogens with zero attached hydrogens (tertiary/aromatic N) is 3. The molecule has 210 valence electrons. The Hall–Kier alpha value is -3.01. The normalized spacial score (nSPS) is 29.3. The van der Waals surface area contributed by atoms with E-state index < -0.39 is 45.7 Å². The highest BCUT2D eigenvalue weighted by atomic mass is 35.5. The maximum Gasteiger partial charge on any atom is 0.312 e. The largest absolute Gasteiger partial charge is 0.481 e. The van der Waals surface area contributed by atoms with E-state index in [9.17, 15) is 29.9 Å². The van der Waals surface area contributed by atoms with E-state index >= 15 is 0 Å². The van der Waals surface area contributed by atoms with Crippen LogP contribution < -0.4 is 0 Å². The molecule has 9 nitrogen and oxygen atoms in total. The first-order valence-electron chi connectivity index (χ1n) is 13.2. The molecule has 4 rings (SSSR count). The van der Waals surface area contributed by atoms with Gasteiger partial charge in [0.2, 0.25) is 0 Å². The minimum atomic E-state index is -1.52. The van der Waals surface area contributed by atoms with Gasteiger partial charge in [0.05, 0.1) is 15.8 Å². The van der Waals surface area contributed by atoms with E-state index in [4.69, 9.17) is 11.6 Å². The van der Waals surface area contributed by atoms with Crippen molar-refractivity contribution < 1.29 is 24.7 Å². The van der Waals surface area contributed by atoms with Crippen LogP contribution in [-0.4, -0.2) is 69.6 Å². The lowest BCUT2D eigenvalue weighted by Crippen LogP contribution is -2.70. The number of hydrogen-bond donors (Lipinski definition) is 2. The van der Waals surface area contributed by atoms with Gasteiger partial charge in [0.1, 0.15) is 0 Å². The average Bonchev–Trinajstić information content (AvgIpc) is 3.73. The Morgan fingerprint density at radius 2 is 1.74 bits per heavy atom. The van der Waals surface area contributed by atoms with E-state index in [0.29, 0.717) is 36.5 Å². The summed E-state index contributed by atoms with van der Waals surface area (Å²) in [5.41, 5.74) is -1.72. The van der Waals surface area contributed by atoms with Crippen molar-refractivity contribution in [3.8, 4) is 0 Å². The number of piperidine rings is 1. The Morgan fingerprint density at radius 3 is 2.28 bits per heavy atom. The van der Waals surface area contributed by atoms with Gasteiger partial charge in [-0.15, -0.1) is 0 Å². The lowest BCUT2D eigenvalue weighted by Gasteiger charge is -2.61. The number of carboxylic acid groups (broad SMARTS) is 2. The van der Waals surface area contributed by atoms with Gasteiger partial charge < -0.3 is 15.1 Å². The van der Waals surface area contributed by atoms with E-state index in [1.807, 2.05) is 42.8 Å². The molecule has 2 N–H and O–H groups in total. The summed E-state index contributed by atoms with van der Waals surface area (Å²) in [4.78, 5) is 42.0. The Kier molecular flexibility index (Phi) is 8.08. The lowest BCUT2D eigenvalue weighted by atomic mass is 9.48. The predicted molar refractivity (Wildman–Crippen MR) is 148 cm³/mol. The molecule has 0 spiro atoms. The fraction of sp³-hybridized carbons (Fsp3) is 0.517. The van der Waals surface area contributed by atoms with Crippen molar-refractivity contribution in [3.63, 3.8) is 0 Å². The molecule has 39 heavy (non-hydrogen) atoms. The minimum Gasteiger partial charge on any atom is -0.481 e. The molecule has 0 aromatic heterocycles. The first-order valence-corrected chi connectivity index (χ1v) is 13.6. The van der Waals surface area contributed by atoms with Gasteiger partial charge in [0.25, 0.3) is 5.69 Å². The van der Waals surface area contributed by atoms with Crippen LogP contribution in [0, 0.1) is 26.9 Å². The maximum absolute atomic E-state index is 13.5. The van der Waals surface area contributed by atoms with Gasteiger partial charge in [0.15, 0.2) is 0 Å². The number of likely N-dealkylation sites (tertiary alicyclic amines) is 1. The van der Waals surface area contributed by atoms with Crippen molar-refractivity contribution >= 4 is 29.2 Å². The fourth-order valence-electron chi connectivity index (χ4n) is 7.07. The lowest BCUT2D eigenvalue weighted by molar-refractivity contribution is -0.385. The Bertz CT molecular complexity index is 1250. The molecule has 1 saturated carbocycles. The maximum atomic E-state index is 13.5. The van der Waals surface area contributed by atoms with Crippen molar-refractivity contribution in [2.24, 2.45) is 16.7 Å². The number of benzene rings is 2. The number of rotatable bonds is 10. The molecule has 1 saturated heterocycles. The van der Waals surface area contributed by atoms with Gasteiger partial charge >= 0.3 is 11.9 Å². The third kappa shape index (κ3) is 4.92. The van der Waals surface area contributed by atoms with Gasteiger partial charge in [-0.1, -0.05) is 35.9 Å². The highest BCUT2D eigenvalue weighted by Gasteiger charge is 2.72. The predicted octanol–water partition coefficient (Wildman–Crippen LogP) is 5.13. The van der Waals surface area contributed by atoms with E-state index in [0.717, 1.165) is 5.56 Å². The molecule has 2 aromatic rings. The van der Waals surface area contributed by atoms with Gasteiger partial charge in [-0.3, -0.25) is 24.6 Å². The second kappa shape index (κ2) is 10.9. The molecule has 2 aromatic carbocycles. The summed E-state index contributed by atoms with van der Waals surface area (Å²) in [5, 5.41) is 34.3. The summed E-state index contributed by atoms with van der Waals surface area (Å²) in [6.07, 6.45) is 1.52. The smallest absolute Gasteiger partial charge is 0.312 e. The zero-order chi connectivity index (χ0) is 28.7. The van der Waals surface area contributed by atoms with E-state index in [-0.39, 0.29) is 18.0 Å². The highest BCUT2D eigenvalue weighted by molar-refractivity contribution is 6.30. The van der Waals surface area contributed by atoms with Crippen LogP contribution in [0.2, 0.25) is 5.02 Å². The summed E-state index contributed by atoms with van der Waals surface area (Å²) in [7, 11) is 3.70. The Labute approximate surface area is 233 Å². The number of nitro benzene ring substituents is 1. The minimum absolute atomic E-state index is 0.166. The van der Waals surface area contributed by atoms with Crippen LogP contribution in [-0.2, 0) is 16.1 Å². The molecule has 10 heteroatoms. The monoisotopic (exact) mass is 557 g/mol. The van der Waals surface area contributed by atoms with Crippen molar-refractivity contribution in [2.45, 2.75) is 57.7 Å². The topological polar surface area (TPSA) is 124 Å². The van der Waals surface area contributed by atoms with Gasteiger partial charge in [0, 0.05) is 41.7 Å². The van der Waals surface area contributed by atoms with Crippen LogP contribution in [0.1, 0.15) is 50.2 Å². The number of nitro groups is 1. The molecule has 1 aliphatic heterocycles. The number of hydrogen-bond acceptors (Lipinski definition) is 6. The van der Waals surface area contributed by atoms with Crippen molar-refractivity contribution in [1.82, 2.24) is 9.80 Å². The fourth-order valence-corrected chi connectivity index (χ4v) is 7.19. The van der Waals surface area contributed by atoms with Gasteiger partial charge in [-0.2, -0.15) is 0 Å². The molecule has 5 atom stereocenters. The van der Waals surface area contributed by atoms with Crippen LogP contribution in [0.5, 0.6) is 0 Å². The Morgan fingerprint density at radius 1 is 1.10 bits per heavy atom. The van der Waals surface area contributed by atoms with Crippen molar-refractivity contribution in [1.29, 1.82) is 0 Å². The number of carbonyl (C=O) groups is 2. The summed E-state index contributed by atoms with van der Waals surface area (Å²) in [6.45, 7) is 4.63. The van der Waals surface area contributed by atoms with Crippen molar-refractivity contribution in [2.75, 3.05) is 20.6 Å². The van der Waals surface area contributed by atoms with Gasteiger partial charge in [-0.05, 0) is 82.9 Å². The zero-order valence-corrected chi connectivity index (χ0v) is 23.5. The second-order valence-corrected chi connectivity index (χ2v) is 11.7. The highest BCUT2D eigenvalue weighted by Crippen LogP contribution is 2.66. The quantitative estimate of drug-likeness (QED) is 0.304. The standard InChI is InChI=1S/C29H36ClN3O6/c1-18-28(26(34)35,14-15-31(3)17-20-8-12-23(30)13-9-20)25(21-6-5-7-24(16-21)33(38)39)29(27(36)37,22-10-11-22)19(2)32(18)4/h5-9,12-13,16,18-19,22,25H,10-11,14-15,17H2,1-4H3,(H,34,35)(H,36,37). The summed E-state index contributed by atoms with van der Waals surface area (Å²) < 4.78 is 0. The third-order valence-electron chi connectivity index (χ3n) is 9.36. The zero-order valence-electron chi connectivity index (χ0n) is 22.7.